The van der Waals surface area contributed by atoms with Crippen molar-refractivity contribution in [2.75, 3.05) is 26.2 Å². The standard InChI is InChI=1S/C20H25N3/c1-2-9-19(10-3-1)23-14-12-22(13-15-23)16-18-7-4-6-17-8-5-11-21-20(17)18/h2,4-9,11,19H,1,3,10,12-16H2. The molecule has 2 aromatic rings. The molecule has 1 saturated heterocycles. The van der Waals surface area contributed by atoms with Gasteiger partial charge in [0.15, 0.2) is 0 Å². The summed E-state index contributed by atoms with van der Waals surface area (Å²) in [7, 11) is 0. The minimum absolute atomic E-state index is 0.685. The van der Waals surface area contributed by atoms with Crippen molar-refractivity contribution in [3.05, 3.63) is 54.2 Å². The Balaban J connectivity index is 1.41. The molecule has 2 aliphatic rings. The van der Waals surface area contributed by atoms with Crippen LogP contribution in [-0.4, -0.2) is 47.0 Å². The summed E-state index contributed by atoms with van der Waals surface area (Å²) in [6.45, 7) is 5.71. The molecule has 0 radical (unpaired) electrons. The monoisotopic (exact) mass is 307 g/mol. The predicted molar refractivity (Wildman–Crippen MR) is 95.4 cm³/mol. The zero-order valence-corrected chi connectivity index (χ0v) is 13.7. The summed E-state index contributed by atoms with van der Waals surface area (Å²) >= 11 is 0. The molecule has 1 aliphatic heterocycles. The van der Waals surface area contributed by atoms with Crippen LogP contribution in [0.25, 0.3) is 10.9 Å². The number of fused-ring (bicyclic) bond motifs is 1. The number of benzene rings is 1. The first kappa shape index (κ1) is 14.9. The maximum Gasteiger partial charge on any atom is 0.0746 e. The number of allylic oxidation sites excluding steroid dienone is 1. The summed E-state index contributed by atoms with van der Waals surface area (Å²) in [6.07, 6.45) is 10.6. The second-order valence-corrected chi connectivity index (χ2v) is 6.73. The van der Waals surface area contributed by atoms with Crippen molar-refractivity contribution in [3.63, 3.8) is 0 Å². The molecule has 0 spiro atoms. The highest BCUT2D eigenvalue weighted by atomic mass is 15.3. The lowest BCUT2D eigenvalue weighted by molar-refractivity contribution is 0.102. The van der Waals surface area contributed by atoms with E-state index in [2.05, 4.69) is 51.2 Å². The van der Waals surface area contributed by atoms with E-state index < -0.39 is 0 Å². The summed E-state index contributed by atoms with van der Waals surface area (Å²) < 4.78 is 0. The SMILES string of the molecule is C1=CC(N2CCN(Cc3cccc4cccnc34)CC2)CCC1. The average Bonchev–Trinajstić information content (AvgIpc) is 2.63. The Morgan fingerprint density at radius 3 is 2.74 bits per heavy atom. The summed E-state index contributed by atoms with van der Waals surface area (Å²) in [6, 6.07) is 11.4. The van der Waals surface area contributed by atoms with Gasteiger partial charge in [0, 0.05) is 50.3 Å². The van der Waals surface area contributed by atoms with E-state index in [-0.39, 0.29) is 0 Å². The highest BCUT2D eigenvalue weighted by Crippen LogP contribution is 2.21. The average molecular weight is 307 g/mol. The van der Waals surface area contributed by atoms with E-state index in [1.807, 2.05) is 12.3 Å². The Bertz CT molecular complexity index is 681. The maximum atomic E-state index is 4.59. The van der Waals surface area contributed by atoms with Gasteiger partial charge >= 0.3 is 0 Å². The third kappa shape index (κ3) is 3.31. The van der Waals surface area contributed by atoms with Gasteiger partial charge in [0.25, 0.3) is 0 Å². The normalized spacial score (nSPS) is 23.4. The molecule has 1 fully saturated rings. The number of rotatable bonds is 3. The Kier molecular flexibility index (Phi) is 4.40. The number of hydrogen-bond donors (Lipinski definition) is 0. The molecule has 0 N–H and O–H groups in total. The molecule has 0 saturated carbocycles. The number of piperazine rings is 1. The van der Waals surface area contributed by atoms with E-state index in [1.54, 1.807) is 0 Å². The highest BCUT2D eigenvalue weighted by Gasteiger charge is 2.23. The zero-order chi connectivity index (χ0) is 15.5. The Morgan fingerprint density at radius 2 is 1.91 bits per heavy atom. The lowest BCUT2D eigenvalue weighted by Crippen LogP contribution is -2.49. The van der Waals surface area contributed by atoms with Crippen LogP contribution >= 0.6 is 0 Å². The van der Waals surface area contributed by atoms with Gasteiger partial charge in [-0.05, 0) is 30.9 Å². The third-order valence-electron chi connectivity index (χ3n) is 5.22. The van der Waals surface area contributed by atoms with Crippen molar-refractivity contribution in [1.29, 1.82) is 0 Å². The molecule has 1 unspecified atom stereocenters. The molecule has 3 heteroatoms. The van der Waals surface area contributed by atoms with Crippen molar-refractivity contribution in [2.24, 2.45) is 0 Å². The fraction of sp³-hybridized carbons (Fsp3) is 0.450. The van der Waals surface area contributed by atoms with Crippen LogP contribution < -0.4 is 0 Å². The molecule has 3 nitrogen and oxygen atoms in total. The maximum absolute atomic E-state index is 4.59. The van der Waals surface area contributed by atoms with E-state index >= 15 is 0 Å². The van der Waals surface area contributed by atoms with Crippen molar-refractivity contribution in [1.82, 2.24) is 14.8 Å². The third-order valence-corrected chi connectivity index (χ3v) is 5.22. The van der Waals surface area contributed by atoms with Crippen LogP contribution in [0.15, 0.2) is 48.7 Å². The van der Waals surface area contributed by atoms with Crippen LogP contribution in [-0.2, 0) is 6.54 Å². The number of para-hydroxylation sites is 1. The fourth-order valence-electron chi connectivity index (χ4n) is 3.89. The molecular weight excluding hydrogens is 282 g/mol. The molecule has 1 atom stereocenters. The van der Waals surface area contributed by atoms with Gasteiger partial charge in [-0.3, -0.25) is 14.8 Å². The van der Waals surface area contributed by atoms with Gasteiger partial charge in [-0.25, -0.2) is 0 Å². The molecular formula is C20H25N3. The first-order chi connectivity index (χ1) is 11.4. The Morgan fingerprint density at radius 1 is 1.04 bits per heavy atom. The molecule has 1 aromatic carbocycles. The quantitative estimate of drug-likeness (QED) is 0.810. The van der Waals surface area contributed by atoms with E-state index in [0.29, 0.717) is 6.04 Å². The Labute approximate surface area is 138 Å². The molecule has 1 aliphatic carbocycles. The highest BCUT2D eigenvalue weighted by molar-refractivity contribution is 5.81. The minimum atomic E-state index is 0.685. The number of aromatic nitrogens is 1. The topological polar surface area (TPSA) is 19.4 Å². The first-order valence-corrected chi connectivity index (χ1v) is 8.86. The van der Waals surface area contributed by atoms with E-state index in [9.17, 15) is 0 Å². The molecule has 0 amide bonds. The van der Waals surface area contributed by atoms with Gasteiger partial charge in [-0.15, -0.1) is 0 Å². The van der Waals surface area contributed by atoms with Gasteiger partial charge in [0.05, 0.1) is 5.52 Å². The van der Waals surface area contributed by atoms with E-state index in [4.69, 9.17) is 0 Å². The minimum Gasteiger partial charge on any atom is -0.296 e. The lowest BCUT2D eigenvalue weighted by Gasteiger charge is -2.39. The van der Waals surface area contributed by atoms with E-state index in [1.165, 1.54) is 43.3 Å². The first-order valence-electron chi connectivity index (χ1n) is 8.86. The van der Waals surface area contributed by atoms with Crippen molar-refractivity contribution in [3.8, 4) is 0 Å². The number of nitrogens with zero attached hydrogens (tertiary/aromatic N) is 3. The van der Waals surface area contributed by atoms with Crippen molar-refractivity contribution in [2.45, 2.75) is 31.8 Å². The van der Waals surface area contributed by atoms with Crippen LogP contribution in [0.5, 0.6) is 0 Å². The molecule has 1 aromatic heterocycles. The second kappa shape index (κ2) is 6.81. The predicted octanol–water partition coefficient (Wildman–Crippen LogP) is 3.46. The molecule has 2 heterocycles. The molecule has 23 heavy (non-hydrogen) atoms. The Hall–Kier alpha value is -1.71. The second-order valence-electron chi connectivity index (χ2n) is 6.73. The van der Waals surface area contributed by atoms with Crippen LogP contribution in [0.3, 0.4) is 0 Å². The van der Waals surface area contributed by atoms with Crippen LogP contribution in [0, 0.1) is 0 Å². The fourth-order valence-corrected chi connectivity index (χ4v) is 3.89. The molecule has 4 rings (SSSR count). The van der Waals surface area contributed by atoms with Crippen LogP contribution in [0.2, 0.25) is 0 Å². The van der Waals surface area contributed by atoms with Crippen LogP contribution in [0.4, 0.5) is 0 Å². The largest absolute Gasteiger partial charge is 0.296 e. The molecule has 0 bridgehead atoms. The number of hydrogen-bond acceptors (Lipinski definition) is 3. The smallest absolute Gasteiger partial charge is 0.0746 e. The zero-order valence-electron chi connectivity index (χ0n) is 13.7. The van der Waals surface area contributed by atoms with Crippen molar-refractivity contribution < 1.29 is 0 Å². The molecule has 120 valence electrons. The number of pyridine rings is 1. The van der Waals surface area contributed by atoms with Gasteiger partial charge < -0.3 is 0 Å². The summed E-state index contributed by atoms with van der Waals surface area (Å²) in [4.78, 5) is 9.82. The summed E-state index contributed by atoms with van der Waals surface area (Å²) in [5.74, 6) is 0. The summed E-state index contributed by atoms with van der Waals surface area (Å²) in [5, 5.41) is 1.25. The summed E-state index contributed by atoms with van der Waals surface area (Å²) in [5.41, 5.74) is 2.52. The van der Waals surface area contributed by atoms with Gasteiger partial charge in [-0.2, -0.15) is 0 Å². The van der Waals surface area contributed by atoms with Crippen LogP contribution in [0.1, 0.15) is 24.8 Å². The lowest BCUT2D eigenvalue weighted by atomic mass is 10.0. The van der Waals surface area contributed by atoms with Gasteiger partial charge in [0.2, 0.25) is 0 Å². The van der Waals surface area contributed by atoms with Crippen molar-refractivity contribution >= 4 is 10.9 Å². The van der Waals surface area contributed by atoms with Gasteiger partial charge in [-0.1, -0.05) is 36.4 Å². The van der Waals surface area contributed by atoms with Gasteiger partial charge in [0.1, 0.15) is 0 Å². The van der Waals surface area contributed by atoms with E-state index in [0.717, 1.165) is 25.2 Å².